The zero-order chi connectivity index (χ0) is 21.9. The first-order chi connectivity index (χ1) is 14.3. The van der Waals surface area contributed by atoms with Gasteiger partial charge in [-0.1, -0.05) is 84.6 Å². The van der Waals surface area contributed by atoms with Crippen LogP contribution in [0.2, 0.25) is 0 Å². The summed E-state index contributed by atoms with van der Waals surface area (Å²) in [4.78, 5) is 0. The maximum atomic E-state index is 10.2. The van der Waals surface area contributed by atoms with Crippen molar-refractivity contribution in [1.29, 1.82) is 0 Å². The summed E-state index contributed by atoms with van der Waals surface area (Å²) in [6.45, 7) is 14.8. The lowest BCUT2D eigenvalue weighted by molar-refractivity contribution is 0.0532. The number of allylic oxidation sites excluding steroid dienone is 3. The maximum Gasteiger partial charge on any atom is 0.0577 e. The molecule has 0 bridgehead atoms. The van der Waals surface area contributed by atoms with E-state index in [1.807, 2.05) is 0 Å². The van der Waals surface area contributed by atoms with Crippen LogP contribution in [0.4, 0.5) is 0 Å². The molecule has 1 N–H and O–H groups in total. The summed E-state index contributed by atoms with van der Waals surface area (Å²) in [6, 6.07) is 0. The van der Waals surface area contributed by atoms with Crippen LogP contribution in [0.15, 0.2) is 23.8 Å². The van der Waals surface area contributed by atoms with E-state index >= 15 is 0 Å². The van der Waals surface area contributed by atoms with Crippen LogP contribution in [0, 0.1) is 46.8 Å². The number of aliphatic hydroxyl groups is 1. The van der Waals surface area contributed by atoms with Crippen molar-refractivity contribution in [2.24, 2.45) is 46.8 Å². The molecule has 8 atom stereocenters. The van der Waals surface area contributed by atoms with E-state index < -0.39 is 0 Å². The van der Waals surface area contributed by atoms with E-state index in [-0.39, 0.29) is 6.10 Å². The fraction of sp³-hybridized carbons (Fsp3) is 0.862. The molecule has 0 spiro atoms. The van der Waals surface area contributed by atoms with Crippen LogP contribution in [-0.2, 0) is 0 Å². The fourth-order valence-corrected chi connectivity index (χ4v) is 7.41. The van der Waals surface area contributed by atoms with Crippen LogP contribution in [0.1, 0.15) is 106 Å². The Kier molecular flexibility index (Phi) is 8.33. The lowest BCUT2D eigenvalue weighted by Crippen LogP contribution is -2.41. The predicted molar refractivity (Wildman–Crippen MR) is 130 cm³/mol. The van der Waals surface area contributed by atoms with Gasteiger partial charge in [-0.25, -0.2) is 0 Å². The highest BCUT2D eigenvalue weighted by molar-refractivity contribution is 5.25. The van der Waals surface area contributed by atoms with Gasteiger partial charge >= 0.3 is 0 Å². The second kappa shape index (κ2) is 10.4. The Bertz CT molecular complexity index is 601. The highest BCUT2D eigenvalue weighted by Crippen LogP contribution is 2.55. The van der Waals surface area contributed by atoms with Gasteiger partial charge in [0.2, 0.25) is 0 Å². The van der Waals surface area contributed by atoms with Crippen molar-refractivity contribution in [3.63, 3.8) is 0 Å². The molecule has 30 heavy (non-hydrogen) atoms. The van der Waals surface area contributed by atoms with Crippen molar-refractivity contribution in [3.05, 3.63) is 23.8 Å². The van der Waals surface area contributed by atoms with E-state index in [1.54, 1.807) is 5.57 Å². The molecule has 1 saturated carbocycles. The summed E-state index contributed by atoms with van der Waals surface area (Å²) in [5.41, 5.74) is 1.90. The van der Waals surface area contributed by atoms with Crippen LogP contribution >= 0.6 is 0 Å². The fourth-order valence-electron chi connectivity index (χ4n) is 7.41. The smallest absolute Gasteiger partial charge is 0.0577 e. The third-order valence-electron chi connectivity index (χ3n) is 9.80. The molecular weight excluding hydrogens is 364 g/mol. The van der Waals surface area contributed by atoms with Crippen LogP contribution < -0.4 is 0 Å². The molecule has 0 aromatic heterocycles. The monoisotopic (exact) mass is 414 g/mol. The highest BCUT2D eigenvalue weighted by atomic mass is 16.3. The van der Waals surface area contributed by atoms with Gasteiger partial charge in [-0.05, 0) is 91.8 Å². The van der Waals surface area contributed by atoms with Crippen LogP contribution in [-0.4, -0.2) is 11.2 Å². The average molecular weight is 415 g/mol. The van der Waals surface area contributed by atoms with E-state index in [4.69, 9.17) is 0 Å². The summed E-state index contributed by atoms with van der Waals surface area (Å²) >= 11 is 0. The third-order valence-corrected chi connectivity index (χ3v) is 9.80. The summed E-state index contributed by atoms with van der Waals surface area (Å²) < 4.78 is 0. The van der Waals surface area contributed by atoms with Gasteiger partial charge < -0.3 is 5.11 Å². The van der Waals surface area contributed by atoms with Crippen molar-refractivity contribution in [1.82, 2.24) is 0 Å². The lowest BCUT2D eigenvalue weighted by Gasteiger charge is -2.50. The predicted octanol–water partition coefficient (Wildman–Crippen LogP) is 8.19. The van der Waals surface area contributed by atoms with Gasteiger partial charge in [0.05, 0.1) is 6.10 Å². The van der Waals surface area contributed by atoms with Crippen molar-refractivity contribution in [3.8, 4) is 0 Å². The van der Waals surface area contributed by atoms with Crippen LogP contribution in [0.25, 0.3) is 0 Å². The maximum absolute atomic E-state index is 10.2. The zero-order valence-corrected chi connectivity index (χ0v) is 20.9. The Morgan fingerprint density at radius 1 is 1.10 bits per heavy atom. The van der Waals surface area contributed by atoms with Gasteiger partial charge in [0.25, 0.3) is 0 Å². The van der Waals surface area contributed by atoms with Gasteiger partial charge in [0, 0.05) is 0 Å². The molecule has 172 valence electrons. The van der Waals surface area contributed by atoms with Crippen molar-refractivity contribution in [2.75, 3.05) is 0 Å². The largest absolute Gasteiger partial charge is 0.393 e. The molecule has 3 aliphatic carbocycles. The van der Waals surface area contributed by atoms with E-state index in [0.717, 1.165) is 48.3 Å². The molecule has 0 radical (unpaired) electrons. The normalized spacial score (nSPS) is 40.3. The summed E-state index contributed by atoms with van der Waals surface area (Å²) in [5.74, 6) is 5.66. The van der Waals surface area contributed by atoms with Gasteiger partial charge in [0.1, 0.15) is 0 Å². The van der Waals surface area contributed by atoms with Gasteiger partial charge in [-0.15, -0.1) is 0 Å². The first kappa shape index (κ1) is 24.1. The molecule has 0 saturated heterocycles. The molecule has 1 nitrogen and oxygen atoms in total. The van der Waals surface area contributed by atoms with Crippen LogP contribution in [0.3, 0.4) is 0 Å². The molecular formula is C29H50O. The van der Waals surface area contributed by atoms with E-state index in [1.165, 1.54) is 51.4 Å². The third kappa shape index (κ3) is 5.25. The Morgan fingerprint density at radius 3 is 2.57 bits per heavy atom. The molecule has 0 heterocycles. The molecule has 0 amide bonds. The molecule has 3 rings (SSSR count). The second-order valence-corrected chi connectivity index (χ2v) is 11.9. The lowest BCUT2D eigenvalue weighted by atomic mass is 9.55. The van der Waals surface area contributed by atoms with Crippen molar-refractivity contribution < 1.29 is 5.11 Å². The SMILES string of the molecule is CC[C@H](CC[C@@H](C)[C@H]1C/C=C\[C@@H]2CC=C3C[C@H](O)CC[C@]3(C)[C@H]2CC[C@@H]1C)C(C)C. The van der Waals surface area contributed by atoms with Crippen molar-refractivity contribution >= 4 is 0 Å². The number of hydrogen-bond donors (Lipinski definition) is 1. The van der Waals surface area contributed by atoms with E-state index in [9.17, 15) is 5.11 Å². The Morgan fingerprint density at radius 2 is 1.87 bits per heavy atom. The topological polar surface area (TPSA) is 20.2 Å². The molecule has 0 aromatic carbocycles. The quantitative estimate of drug-likeness (QED) is 0.434. The molecule has 0 unspecified atom stereocenters. The minimum absolute atomic E-state index is 0.102. The molecule has 0 aromatic rings. The first-order valence-corrected chi connectivity index (χ1v) is 13.3. The standard InChI is InChI=1S/C29H50O/c1-7-23(20(2)3)13-11-21(4)27-10-8-9-24-14-15-25-19-26(30)17-18-29(25,6)28(24)16-12-22(27)5/h8-9,15,20-24,26-28,30H,7,10-14,16-19H2,1-6H3/b9-8-/t21-,22+,23-,24-,26-,27-,28+,29+/m1/s1. The van der Waals surface area contributed by atoms with Gasteiger partial charge in [-0.3, -0.25) is 0 Å². The van der Waals surface area contributed by atoms with E-state index in [2.05, 4.69) is 59.8 Å². The number of hydrogen-bond acceptors (Lipinski definition) is 1. The number of fused-ring (bicyclic) bond motifs is 3. The highest BCUT2D eigenvalue weighted by Gasteiger charge is 2.46. The Labute approximate surface area is 187 Å². The number of aliphatic hydroxyl groups excluding tert-OH is 1. The molecule has 1 heteroatoms. The minimum atomic E-state index is -0.102. The molecule has 0 aliphatic heterocycles. The Balaban J connectivity index is 1.67. The van der Waals surface area contributed by atoms with Gasteiger partial charge in [0.15, 0.2) is 0 Å². The molecule has 3 aliphatic rings. The minimum Gasteiger partial charge on any atom is -0.393 e. The van der Waals surface area contributed by atoms with Crippen LogP contribution in [0.5, 0.6) is 0 Å². The Hall–Kier alpha value is -0.560. The zero-order valence-electron chi connectivity index (χ0n) is 20.9. The first-order valence-electron chi connectivity index (χ1n) is 13.3. The summed E-state index contributed by atoms with van der Waals surface area (Å²) in [6.07, 6.45) is 20.0. The number of rotatable bonds is 6. The van der Waals surface area contributed by atoms with Gasteiger partial charge in [-0.2, -0.15) is 0 Å². The van der Waals surface area contributed by atoms with E-state index in [0.29, 0.717) is 11.3 Å². The second-order valence-electron chi connectivity index (χ2n) is 11.9. The summed E-state index contributed by atoms with van der Waals surface area (Å²) in [7, 11) is 0. The summed E-state index contributed by atoms with van der Waals surface area (Å²) in [5, 5.41) is 10.2. The molecule has 1 fully saturated rings. The average Bonchev–Trinajstić information content (AvgIpc) is 2.78. The van der Waals surface area contributed by atoms with Crippen molar-refractivity contribution in [2.45, 2.75) is 112 Å².